The van der Waals surface area contributed by atoms with E-state index in [1.165, 1.54) is 31.1 Å². The highest BCUT2D eigenvalue weighted by Crippen LogP contribution is 2.21. The highest BCUT2D eigenvalue weighted by molar-refractivity contribution is 14.1. The summed E-state index contributed by atoms with van der Waals surface area (Å²) in [5.74, 6) is 0.385. The van der Waals surface area contributed by atoms with Gasteiger partial charge in [-0.3, -0.25) is 4.79 Å². The van der Waals surface area contributed by atoms with E-state index in [1.54, 1.807) is 26.1 Å². The molecule has 2 aromatic rings. The van der Waals surface area contributed by atoms with Gasteiger partial charge in [-0.25, -0.2) is 12.7 Å². The number of nitrogens with zero attached hydrogens (tertiary/aromatic N) is 3. The summed E-state index contributed by atoms with van der Waals surface area (Å²) in [5.41, 5.74) is 0.969. The molecule has 0 bridgehead atoms. The third-order valence-corrected chi connectivity index (χ3v) is 6.12. The van der Waals surface area contributed by atoms with Gasteiger partial charge in [-0.15, -0.1) is 0 Å². The maximum Gasteiger partial charge on any atom is 0.255 e. The molecule has 1 aromatic heterocycles. The van der Waals surface area contributed by atoms with Crippen LogP contribution in [0, 0.1) is 10.5 Å². The number of amides is 1. The standard InChI is InChI=1S/C15H18IN3O4S/c1-10-7-11(17-23-10)9-19(4)15(20)13-8-12(5-6-14(13)16)24(21,22)18(2)3/h5-8H,9H2,1-4H3. The van der Waals surface area contributed by atoms with Crippen molar-refractivity contribution in [3.8, 4) is 0 Å². The number of aryl methyl sites for hydroxylation is 1. The highest BCUT2D eigenvalue weighted by atomic mass is 127. The largest absolute Gasteiger partial charge is 0.361 e. The first-order valence-corrected chi connectivity index (χ1v) is 9.54. The average molecular weight is 463 g/mol. The summed E-state index contributed by atoms with van der Waals surface area (Å²) in [6.07, 6.45) is 0. The number of carbonyl (C=O) groups excluding carboxylic acids is 1. The van der Waals surface area contributed by atoms with Gasteiger partial charge in [-0.05, 0) is 47.7 Å². The van der Waals surface area contributed by atoms with Gasteiger partial charge in [0.2, 0.25) is 10.0 Å². The van der Waals surface area contributed by atoms with E-state index in [0.717, 1.165) is 4.31 Å². The zero-order valence-electron chi connectivity index (χ0n) is 13.8. The van der Waals surface area contributed by atoms with Gasteiger partial charge < -0.3 is 9.42 Å². The van der Waals surface area contributed by atoms with Crippen LogP contribution in [0.25, 0.3) is 0 Å². The molecule has 24 heavy (non-hydrogen) atoms. The van der Waals surface area contributed by atoms with Crippen LogP contribution in [-0.4, -0.2) is 49.8 Å². The van der Waals surface area contributed by atoms with Crippen LogP contribution in [0.5, 0.6) is 0 Å². The number of aromatic nitrogens is 1. The Kier molecular flexibility index (Phi) is 5.66. The van der Waals surface area contributed by atoms with E-state index in [1.807, 2.05) is 22.6 Å². The maximum atomic E-state index is 12.7. The van der Waals surface area contributed by atoms with Crippen molar-refractivity contribution in [3.05, 3.63) is 44.9 Å². The van der Waals surface area contributed by atoms with E-state index in [0.29, 0.717) is 20.6 Å². The van der Waals surface area contributed by atoms with Crippen LogP contribution in [0.2, 0.25) is 0 Å². The molecule has 130 valence electrons. The Balaban J connectivity index is 2.31. The van der Waals surface area contributed by atoms with E-state index in [-0.39, 0.29) is 17.3 Å². The molecule has 0 N–H and O–H groups in total. The Bertz CT molecular complexity index is 861. The number of rotatable bonds is 5. The molecule has 0 fully saturated rings. The quantitative estimate of drug-likeness (QED) is 0.635. The van der Waals surface area contributed by atoms with Gasteiger partial charge in [0.1, 0.15) is 11.5 Å². The van der Waals surface area contributed by atoms with Crippen molar-refractivity contribution < 1.29 is 17.7 Å². The molecule has 0 aliphatic rings. The van der Waals surface area contributed by atoms with E-state index in [2.05, 4.69) is 5.16 Å². The van der Waals surface area contributed by atoms with Gasteiger partial charge in [0, 0.05) is 30.8 Å². The van der Waals surface area contributed by atoms with Crippen molar-refractivity contribution >= 4 is 38.5 Å². The molecule has 2 rings (SSSR count). The minimum atomic E-state index is -3.60. The van der Waals surface area contributed by atoms with Crippen molar-refractivity contribution in [2.45, 2.75) is 18.4 Å². The van der Waals surface area contributed by atoms with Crippen molar-refractivity contribution in [2.24, 2.45) is 0 Å². The monoisotopic (exact) mass is 463 g/mol. The second-order valence-electron chi connectivity index (χ2n) is 5.52. The van der Waals surface area contributed by atoms with Crippen LogP contribution in [0.3, 0.4) is 0 Å². The van der Waals surface area contributed by atoms with Gasteiger partial charge >= 0.3 is 0 Å². The summed E-state index contributed by atoms with van der Waals surface area (Å²) in [6.45, 7) is 2.05. The van der Waals surface area contributed by atoms with E-state index < -0.39 is 10.0 Å². The maximum absolute atomic E-state index is 12.7. The second-order valence-corrected chi connectivity index (χ2v) is 8.83. The number of hydrogen-bond donors (Lipinski definition) is 0. The molecule has 0 unspecified atom stereocenters. The molecule has 1 heterocycles. The lowest BCUT2D eigenvalue weighted by atomic mass is 10.2. The highest BCUT2D eigenvalue weighted by Gasteiger charge is 2.22. The Labute approximate surface area is 154 Å². The smallest absolute Gasteiger partial charge is 0.255 e. The van der Waals surface area contributed by atoms with Crippen LogP contribution in [-0.2, 0) is 16.6 Å². The fraction of sp³-hybridized carbons (Fsp3) is 0.333. The summed E-state index contributed by atoms with van der Waals surface area (Å²) in [5, 5.41) is 3.86. The summed E-state index contributed by atoms with van der Waals surface area (Å²) >= 11 is 2.02. The lowest BCUT2D eigenvalue weighted by Crippen LogP contribution is -2.28. The van der Waals surface area contributed by atoms with Crippen LogP contribution in [0.4, 0.5) is 0 Å². The molecule has 7 nitrogen and oxygen atoms in total. The summed E-state index contributed by atoms with van der Waals surface area (Å²) in [4.78, 5) is 14.2. The number of hydrogen-bond acceptors (Lipinski definition) is 5. The summed E-state index contributed by atoms with van der Waals surface area (Å²) in [7, 11) is 0.940. The second kappa shape index (κ2) is 7.19. The molecular formula is C15H18IN3O4S. The van der Waals surface area contributed by atoms with Gasteiger partial charge in [0.05, 0.1) is 17.0 Å². The van der Waals surface area contributed by atoms with Crippen molar-refractivity contribution in [1.82, 2.24) is 14.4 Å². The zero-order valence-corrected chi connectivity index (χ0v) is 16.8. The molecule has 0 aliphatic carbocycles. The molecule has 1 amide bonds. The molecular weight excluding hydrogens is 445 g/mol. The Morgan fingerprint density at radius 1 is 1.25 bits per heavy atom. The third-order valence-electron chi connectivity index (χ3n) is 3.37. The van der Waals surface area contributed by atoms with Crippen molar-refractivity contribution in [1.29, 1.82) is 0 Å². The van der Waals surface area contributed by atoms with Crippen molar-refractivity contribution in [2.75, 3.05) is 21.1 Å². The molecule has 0 spiro atoms. The number of halogens is 1. The van der Waals surface area contributed by atoms with E-state index >= 15 is 0 Å². The average Bonchev–Trinajstić information content (AvgIpc) is 2.91. The zero-order chi connectivity index (χ0) is 18.1. The molecule has 0 atom stereocenters. The third kappa shape index (κ3) is 3.95. The van der Waals surface area contributed by atoms with Gasteiger partial charge in [-0.1, -0.05) is 5.16 Å². The van der Waals surface area contributed by atoms with Gasteiger partial charge in [0.25, 0.3) is 5.91 Å². The van der Waals surface area contributed by atoms with E-state index in [4.69, 9.17) is 4.52 Å². The van der Waals surface area contributed by atoms with Crippen molar-refractivity contribution in [3.63, 3.8) is 0 Å². The van der Waals surface area contributed by atoms with Crippen LogP contribution in [0.1, 0.15) is 21.8 Å². The first kappa shape index (κ1) is 18.9. The van der Waals surface area contributed by atoms with Crippen LogP contribution in [0.15, 0.2) is 33.7 Å². The molecule has 0 radical (unpaired) electrons. The molecule has 0 saturated heterocycles. The summed E-state index contributed by atoms with van der Waals surface area (Å²) < 4.78 is 31.3. The number of sulfonamides is 1. The SMILES string of the molecule is Cc1cc(CN(C)C(=O)c2cc(S(=O)(=O)N(C)C)ccc2I)no1. The van der Waals surface area contributed by atoms with Crippen LogP contribution >= 0.6 is 22.6 Å². The summed E-state index contributed by atoms with van der Waals surface area (Å²) in [6, 6.07) is 6.28. The topological polar surface area (TPSA) is 83.7 Å². The molecule has 1 aromatic carbocycles. The van der Waals surface area contributed by atoms with Gasteiger partial charge in [0.15, 0.2) is 0 Å². The Morgan fingerprint density at radius 2 is 1.92 bits per heavy atom. The first-order valence-electron chi connectivity index (χ1n) is 7.02. The first-order chi connectivity index (χ1) is 11.1. The molecule has 0 aliphatic heterocycles. The Hall–Kier alpha value is -1.46. The normalized spacial score (nSPS) is 11.8. The lowest BCUT2D eigenvalue weighted by molar-refractivity contribution is 0.0781. The van der Waals surface area contributed by atoms with Crippen LogP contribution < -0.4 is 0 Å². The fourth-order valence-electron chi connectivity index (χ4n) is 2.05. The number of carbonyl (C=O) groups is 1. The number of benzene rings is 1. The molecule has 0 saturated carbocycles. The van der Waals surface area contributed by atoms with Gasteiger partial charge in [-0.2, -0.15) is 0 Å². The van der Waals surface area contributed by atoms with E-state index in [9.17, 15) is 13.2 Å². The minimum absolute atomic E-state index is 0.0851. The predicted octanol–water partition coefficient (Wildman–Crippen LogP) is 2.11. The Morgan fingerprint density at radius 3 is 2.46 bits per heavy atom. The fourth-order valence-corrected chi connectivity index (χ4v) is 3.55. The molecule has 9 heteroatoms. The predicted molar refractivity (Wildman–Crippen MR) is 97.1 cm³/mol. The lowest BCUT2D eigenvalue weighted by Gasteiger charge is -2.18. The minimum Gasteiger partial charge on any atom is -0.361 e.